The van der Waals surface area contributed by atoms with E-state index in [1.165, 1.54) is 6.42 Å². The van der Waals surface area contributed by atoms with Crippen LogP contribution < -0.4 is 4.74 Å². The summed E-state index contributed by atoms with van der Waals surface area (Å²) in [4.78, 5) is 4.70. The number of halogens is 1. The SMILES string of the molecule is C[C@@H]1CCN(CCOc2ccc([C@@]3(C)c4ccc(O)cc4CCN3CC(C)(C)F)cc2)C1. The van der Waals surface area contributed by atoms with E-state index < -0.39 is 11.2 Å². The molecule has 4 rings (SSSR count). The number of benzene rings is 2. The van der Waals surface area contributed by atoms with Crippen LogP contribution in [0.5, 0.6) is 11.5 Å². The molecule has 1 fully saturated rings. The number of hydrogen-bond donors (Lipinski definition) is 1. The third-order valence-corrected chi connectivity index (χ3v) is 7.06. The molecule has 0 saturated carbocycles. The second-order valence-electron chi connectivity index (χ2n) is 10.4. The highest BCUT2D eigenvalue weighted by atomic mass is 19.1. The van der Waals surface area contributed by atoms with Gasteiger partial charge in [0.25, 0.3) is 0 Å². The summed E-state index contributed by atoms with van der Waals surface area (Å²) in [6.07, 6.45) is 2.07. The molecule has 4 nitrogen and oxygen atoms in total. The second kappa shape index (κ2) is 9.03. The van der Waals surface area contributed by atoms with Gasteiger partial charge in [0, 0.05) is 26.2 Å². The molecule has 32 heavy (non-hydrogen) atoms. The Morgan fingerprint density at radius 1 is 1.16 bits per heavy atom. The molecule has 2 heterocycles. The van der Waals surface area contributed by atoms with Crippen molar-refractivity contribution in [2.24, 2.45) is 5.92 Å². The normalized spacial score (nSPS) is 24.5. The van der Waals surface area contributed by atoms with Gasteiger partial charge in [-0.05, 0) is 87.0 Å². The van der Waals surface area contributed by atoms with Crippen molar-refractivity contribution in [1.82, 2.24) is 9.80 Å². The van der Waals surface area contributed by atoms with Gasteiger partial charge in [-0.15, -0.1) is 0 Å². The lowest BCUT2D eigenvalue weighted by molar-refractivity contribution is 0.0540. The predicted molar refractivity (Wildman–Crippen MR) is 127 cm³/mol. The van der Waals surface area contributed by atoms with Gasteiger partial charge in [-0.3, -0.25) is 9.80 Å². The second-order valence-corrected chi connectivity index (χ2v) is 10.4. The van der Waals surface area contributed by atoms with Crippen LogP contribution in [0.25, 0.3) is 0 Å². The molecular formula is C27H37FN2O2. The van der Waals surface area contributed by atoms with E-state index in [9.17, 15) is 9.50 Å². The highest BCUT2D eigenvalue weighted by molar-refractivity contribution is 5.48. The van der Waals surface area contributed by atoms with E-state index in [-0.39, 0.29) is 5.75 Å². The summed E-state index contributed by atoms with van der Waals surface area (Å²) in [5, 5.41) is 10.00. The lowest BCUT2D eigenvalue weighted by Gasteiger charge is -2.48. The van der Waals surface area contributed by atoms with Crippen molar-refractivity contribution in [2.75, 3.05) is 39.3 Å². The Kier molecular flexibility index (Phi) is 6.51. The van der Waals surface area contributed by atoms with Crippen LogP contribution in [0.3, 0.4) is 0 Å². The minimum atomic E-state index is -1.30. The molecular weight excluding hydrogens is 403 g/mol. The van der Waals surface area contributed by atoms with Gasteiger partial charge in [0.05, 0.1) is 5.54 Å². The smallest absolute Gasteiger partial charge is 0.119 e. The zero-order chi connectivity index (χ0) is 22.9. The van der Waals surface area contributed by atoms with Gasteiger partial charge in [-0.25, -0.2) is 4.39 Å². The van der Waals surface area contributed by atoms with E-state index in [1.807, 2.05) is 24.3 Å². The number of phenols is 1. The summed E-state index contributed by atoms with van der Waals surface area (Å²) in [7, 11) is 0. The third kappa shape index (κ3) is 4.94. The standard InChI is InChI=1S/C27H37FN2O2/c1-20-11-13-29(18-20)15-16-32-24-8-5-22(6-9-24)27(4)25-10-7-23(31)17-21(25)12-14-30(27)19-26(2,3)28/h5-10,17,20,31H,11-16,18-19H2,1-4H3/t20-,27+/m1/s1. The van der Waals surface area contributed by atoms with Crippen molar-refractivity contribution in [2.45, 2.75) is 51.7 Å². The molecule has 0 aliphatic carbocycles. The number of rotatable bonds is 7. The zero-order valence-electron chi connectivity index (χ0n) is 19.9. The summed E-state index contributed by atoms with van der Waals surface area (Å²) in [5.74, 6) is 1.93. The number of nitrogens with zero attached hydrogens (tertiary/aromatic N) is 2. The fourth-order valence-electron chi connectivity index (χ4n) is 5.34. The largest absolute Gasteiger partial charge is 0.508 e. The number of phenolic OH excluding ortho intramolecular Hbond substituents is 1. The molecule has 0 bridgehead atoms. The first-order valence-electron chi connectivity index (χ1n) is 11.9. The average molecular weight is 441 g/mol. The van der Waals surface area contributed by atoms with Gasteiger partial charge in [-0.2, -0.15) is 0 Å². The predicted octanol–water partition coefficient (Wildman–Crippen LogP) is 4.98. The van der Waals surface area contributed by atoms with Crippen molar-refractivity contribution < 1.29 is 14.2 Å². The first-order valence-corrected chi connectivity index (χ1v) is 11.9. The maximum absolute atomic E-state index is 14.7. The Morgan fingerprint density at radius 3 is 2.56 bits per heavy atom. The molecule has 1 N–H and O–H groups in total. The number of alkyl halides is 1. The van der Waals surface area contributed by atoms with E-state index in [2.05, 4.69) is 35.8 Å². The van der Waals surface area contributed by atoms with Gasteiger partial charge in [-0.1, -0.05) is 25.1 Å². The molecule has 0 amide bonds. The molecule has 2 aliphatic rings. The minimum absolute atomic E-state index is 0.279. The molecule has 1 saturated heterocycles. The molecule has 0 radical (unpaired) electrons. The summed E-state index contributed by atoms with van der Waals surface area (Å²) < 4.78 is 20.7. The van der Waals surface area contributed by atoms with Crippen LogP contribution in [0.2, 0.25) is 0 Å². The fourth-order valence-corrected chi connectivity index (χ4v) is 5.34. The van der Waals surface area contributed by atoms with Gasteiger partial charge in [0.2, 0.25) is 0 Å². The summed E-state index contributed by atoms with van der Waals surface area (Å²) in [6.45, 7) is 12.8. The number of aromatic hydroxyl groups is 1. The van der Waals surface area contributed by atoms with Crippen LogP contribution in [0.4, 0.5) is 4.39 Å². The molecule has 2 aromatic carbocycles. The molecule has 174 valence electrons. The molecule has 5 heteroatoms. The fraction of sp³-hybridized carbons (Fsp3) is 0.556. The van der Waals surface area contributed by atoms with Crippen LogP contribution in [0.1, 0.15) is 50.8 Å². The number of ether oxygens (including phenoxy) is 1. The van der Waals surface area contributed by atoms with Crippen LogP contribution >= 0.6 is 0 Å². The number of hydrogen-bond acceptors (Lipinski definition) is 4. The molecule has 2 aromatic rings. The molecule has 2 atom stereocenters. The van der Waals surface area contributed by atoms with Crippen LogP contribution in [-0.2, 0) is 12.0 Å². The molecule has 0 aromatic heterocycles. The number of likely N-dealkylation sites (tertiary alicyclic amines) is 1. The van der Waals surface area contributed by atoms with Gasteiger partial charge < -0.3 is 9.84 Å². The number of fused-ring (bicyclic) bond motifs is 1. The van der Waals surface area contributed by atoms with Crippen molar-refractivity contribution in [3.8, 4) is 11.5 Å². The monoisotopic (exact) mass is 440 g/mol. The van der Waals surface area contributed by atoms with E-state index >= 15 is 0 Å². The van der Waals surface area contributed by atoms with E-state index in [1.54, 1.807) is 19.9 Å². The Bertz CT molecular complexity index is 924. The van der Waals surface area contributed by atoms with Crippen molar-refractivity contribution in [1.29, 1.82) is 0 Å². The van der Waals surface area contributed by atoms with Gasteiger partial charge in [0.15, 0.2) is 0 Å². The lowest BCUT2D eigenvalue weighted by atomic mass is 9.76. The zero-order valence-corrected chi connectivity index (χ0v) is 19.9. The Labute approximate surface area is 192 Å². The van der Waals surface area contributed by atoms with E-state index in [0.717, 1.165) is 61.0 Å². The van der Waals surface area contributed by atoms with Crippen molar-refractivity contribution in [3.05, 3.63) is 59.2 Å². The van der Waals surface area contributed by atoms with E-state index in [0.29, 0.717) is 13.2 Å². The summed E-state index contributed by atoms with van der Waals surface area (Å²) in [6, 6.07) is 13.8. The van der Waals surface area contributed by atoms with Crippen LogP contribution in [0.15, 0.2) is 42.5 Å². The van der Waals surface area contributed by atoms with Crippen LogP contribution in [-0.4, -0.2) is 59.9 Å². The highest BCUT2D eigenvalue weighted by Crippen LogP contribution is 2.43. The Balaban J connectivity index is 1.54. The quantitative estimate of drug-likeness (QED) is 0.659. The molecule has 0 spiro atoms. The van der Waals surface area contributed by atoms with E-state index in [4.69, 9.17) is 4.74 Å². The Morgan fingerprint density at radius 2 is 1.91 bits per heavy atom. The molecule has 0 unspecified atom stereocenters. The highest BCUT2D eigenvalue weighted by Gasteiger charge is 2.42. The van der Waals surface area contributed by atoms with Gasteiger partial charge >= 0.3 is 0 Å². The molecule has 2 aliphatic heterocycles. The minimum Gasteiger partial charge on any atom is -0.508 e. The van der Waals surface area contributed by atoms with Crippen molar-refractivity contribution >= 4 is 0 Å². The summed E-state index contributed by atoms with van der Waals surface area (Å²) in [5.41, 5.74) is 1.58. The first kappa shape index (κ1) is 23.1. The maximum Gasteiger partial charge on any atom is 0.119 e. The topological polar surface area (TPSA) is 35.9 Å². The van der Waals surface area contributed by atoms with Gasteiger partial charge in [0.1, 0.15) is 23.8 Å². The Hall–Kier alpha value is -2.11. The maximum atomic E-state index is 14.7. The third-order valence-electron chi connectivity index (χ3n) is 7.06. The lowest BCUT2D eigenvalue weighted by Crippen LogP contribution is -2.53. The van der Waals surface area contributed by atoms with Crippen LogP contribution in [0, 0.1) is 5.92 Å². The van der Waals surface area contributed by atoms with Crippen molar-refractivity contribution in [3.63, 3.8) is 0 Å². The average Bonchev–Trinajstić information content (AvgIpc) is 3.15. The summed E-state index contributed by atoms with van der Waals surface area (Å²) >= 11 is 0. The first-order chi connectivity index (χ1) is 15.1.